The molecule has 0 aliphatic rings. The number of aromatic nitrogens is 12. The number of phenols is 3. The molecule has 0 saturated carbocycles. The van der Waals surface area contributed by atoms with Gasteiger partial charge in [-0.1, -0.05) is 140 Å². The van der Waals surface area contributed by atoms with E-state index in [1.807, 2.05) is 91.0 Å². The third kappa shape index (κ3) is 11.8. The number of hydrogen-bond acceptors (Lipinski definition) is 12. The monoisotopic (exact) mass is 1130 g/mol. The summed E-state index contributed by atoms with van der Waals surface area (Å²) in [4.78, 5) is 51.1. The van der Waals surface area contributed by atoms with E-state index in [1.54, 1.807) is 18.2 Å². The molecule has 0 spiro atoms. The topological polar surface area (TPSA) is 219 Å². The molecule has 4 heterocycles. The Kier molecular flexibility index (Phi) is 14.6. The zero-order chi connectivity index (χ0) is 60.8. The molecule has 0 aliphatic carbocycles. The summed E-state index contributed by atoms with van der Waals surface area (Å²) >= 11 is 0. The molecule has 10 rings (SSSR count). The normalized spacial score (nSPS) is 13.0. The van der Waals surface area contributed by atoms with Crippen molar-refractivity contribution in [3.05, 3.63) is 174 Å². The van der Waals surface area contributed by atoms with Crippen molar-refractivity contribution in [2.75, 3.05) is 0 Å². The summed E-state index contributed by atoms with van der Waals surface area (Å²) in [6, 6.07) is 32.9. The fourth-order valence-corrected chi connectivity index (χ4v) is 12.8. The van der Waals surface area contributed by atoms with Gasteiger partial charge in [0.25, 0.3) is 0 Å². The first-order chi connectivity index (χ1) is 39.1. The second kappa shape index (κ2) is 20.9. The lowest BCUT2D eigenvalue weighted by Gasteiger charge is -2.34. The van der Waals surface area contributed by atoms with Gasteiger partial charge >= 0.3 is 17.1 Å². The Hall–Kier alpha value is -8.67. The van der Waals surface area contributed by atoms with Gasteiger partial charge in [0.05, 0.1) is 19.6 Å². The Morgan fingerprint density at radius 2 is 0.536 bits per heavy atom. The molecule has 0 fully saturated rings. The van der Waals surface area contributed by atoms with Crippen LogP contribution < -0.4 is 17.1 Å². The van der Waals surface area contributed by atoms with Gasteiger partial charge in [0.2, 0.25) is 0 Å². The molecule has 0 radical (unpaired) electrons. The molecule has 18 nitrogen and oxygen atoms in total. The number of rotatable bonds is 15. The summed E-state index contributed by atoms with van der Waals surface area (Å²) in [5, 5.41) is 66.1. The molecule has 0 unspecified atom stereocenters. The third-order valence-electron chi connectivity index (χ3n) is 15.6. The second-order valence-electron chi connectivity index (χ2n) is 28.4. The Morgan fingerprint density at radius 1 is 0.333 bits per heavy atom. The Balaban J connectivity index is 1.23. The van der Waals surface area contributed by atoms with Crippen LogP contribution in [0.2, 0.25) is 0 Å². The number of phenolic OH excluding ortho intramolecular Hbond substituents is 3. The van der Waals surface area contributed by atoms with Crippen molar-refractivity contribution in [2.45, 2.75) is 159 Å². The van der Waals surface area contributed by atoms with Crippen LogP contribution in [0.4, 0.5) is 0 Å². The van der Waals surface area contributed by atoms with Gasteiger partial charge in [-0.2, -0.15) is 0 Å². The molecule has 0 aliphatic heterocycles. The average molecular weight is 1140 g/mol. The van der Waals surface area contributed by atoms with Crippen LogP contribution in [0.5, 0.6) is 17.2 Å². The largest absolute Gasteiger partial charge is 0.505 e. The molecule has 0 bridgehead atoms. The predicted molar refractivity (Wildman–Crippen MR) is 329 cm³/mol. The van der Waals surface area contributed by atoms with Crippen LogP contribution in [0.1, 0.15) is 156 Å². The van der Waals surface area contributed by atoms with E-state index in [0.717, 1.165) is 30.4 Å². The van der Waals surface area contributed by atoms with E-state index >= 15 is 14.4 Å². The lowest BCUT2D eigenvalue weighted by Crippen LogP contribution is -2.55. The van der Waals surface area contributed by atoms with Crippen molar-refractivity contribution < 1.29 is 15.3 Å². The van der Waals surface area contributed by atoms with E-state index in [4.69, 9.17) is 30.6 Å². The van der Waals surface area contributed by atoms with Crippen LogP contribution in [0.25, 0.3) is 50.2 Å². The number of benzene rings is 6. The summed E-state index contributed by atoms with van der Waals surface area (Å²) < 4.78 is 2.77. The van der Waals surface area contributed by atoms with Gasteiger partial charge in [0, 0.05) is 16.7 Å². The van der Waals surface area contributed by atoms with Crippen LogP contribution in [-0.4, -0.2) is 74.0 Å². The molecular weight excluding hydrogens is 1060 g/mol. The first-order valence-corrected chi connectivity index (χ1v) is 28.7. The SMILES string of the molecule is CC(C)(C)CC(C)(C)c1cc(Cn2c(=O)n(Cc3cc(C(C)(C)CC(C)(C)C)cc(-n4nc5ccccc5n4)c3O)c(=O)n(Cc3cc(C(C)(C)CC(C)(C)C)cc(-n4nc5ccccc5n4)c3O)c2=O)c(O)c(-n2nc3ccccc3n2)c1. The zero-order valence-electron chi connectivity index (χ0n) is 51.1. The lowest BCUT2D eigenvalue weighted by molar-refractivity contribution is 0.283. The Morgan fingerprint density at radius 3 is 0.726 bits per heavy atom. The van der Waals surface area contributed by atoms with E-state index in [9.17, 15) is 15.3 Å². The smallest absolute Gasteiger partial charge is 0.336 e. The maximum Gasteiger partial charge on any atom is 0.336 e. The third-order valence-corrected chi connectivity index (χ3v) is 15.6. The minimum absolute atomic E-state index is 0.141. The van der Waals surface area contributed by atoms with Crippen molar-refractivity contribution in [2.24, 2.45) is 16.2 Å². The lowest BCUT2D eigenvalue weighted by atomic mass is 9.72. The number of fused-ring (bicyclic) bond motifs is 3. The van der Waals surface area contributed by atoms with Crippen LogP contribution in [-0.2, 0) is 35.9 Å². The zero-order valence-corrected chi connectivity index (χ0v) is 51.1. The molecule has 0 atom stereocenters. The molecule has 0 saturated heterocycles. The molecule has 84 heavy (non-hydrogen) atoms. The first kappa shape index (κ1) is 58.5. The van der Waals surface area contributed by atoms with E-state index in [1.165, 1.54) is 14.4 Å². The van der Waals surface area contributed by atoms with Gasteiger partial charge < -0.3 is 15.3 Å². The van der Waals surface area contributed by atoms with E-state index in [2.05, 4.69) is 104 Å². The highest BCUT2D eigenvalue weighted by Gasteiger charge is 2.34. The second-order valence-corrected chi connectivity index (χ2v) is 28.4. The molecule has 3 N–H and O–H groups in total. The van der Waals surface area contributed by atoms with Gasteiger partial charge in [-0.25, -0.2) is 28.1 Å². The van der Waals surface area contributed by atoms with Crippen LogP contribution in [0.3, 0.4) is 0 Å². The Labute approximate surface area is 488 Å². The maximum atomic E-state index is 15.7. The van der Waals surface area contributed by atoms with Crippen molar-refractivity contribution in [1.82, 2.24) is 58.7 Å². The minimum Gasteiger partial charge on any atom is -0.505 e. The van der Waals surface area contributed by atoms with E-state index < -0.39 is 52.9 Å². The van der Waals surface area contributed by atoms with Crippen molar-refractivity contribution in [1.29, 1.82) is 0 Å². The first-order valence-electron chi connectivity index (χ1n) is 28.7. The Bertz CT molecular complexity index is 3800. The number of nitrogens with zero attached hydrogens (tertiary/aromatic N) is 12. The summed E-state index contributed by atoms with van der Waals surface area (Å²) in [7, 11) is 0. The minimum atomic E-state index is -1.01. The summed E-state index contributed by atoms with van der Waals surface area (Å²) in [6.07, 6.45) is 2.12. The fourth-order valence-electron chi connectivity index (χ4n) is 12.8. The van der Waals surface area contributed by atoms with Crippen LogP contribution >= 0.6 is 0 Å². The molecule has 438 valence electrons. The number of aromatic hydroxyl groups is 3. The highest BCUT2D eigenvalue weighted by molar-refractivity contribution is 5.75. The average Bonchev–Trinajstić information content (AvgIpc) is 2.91. The van der Waals surface area contributed by atoms with Gasteiger partial charge in [0.1, 0.15) is 67.4 Å². The highest BCUT2D eigenvalue weighted by atomic mass is 16.3. The van der Waals surface area contributed by atoms with Crippen LogP contribution in [0.15, 0.2) is 124 Å². The highest BCUT2D eigenvalue weighted by Crippen LogP contribution is 2.43. The van der Waals surface area contributed by atoms with Crippen molar-refractivity contribution >= 4 is 33.1 Å². The van der Waals surface area contributed by atoms with Crippen molar-refractivity contribution in [3.63, 3.8) is 0 Å². The standard InChI is InChI=1S/C66H78N12O6/c1-61(2,3)37-64(10,11)43-28-40(55(79)52(31-43)76-67-46-22-16-17-23-47(46)68-76)34-73-58(82)74(35-41-29-44(65(12,13)38-62(4,5)6)32-53(56(41)80)77-69-48-24-18-19-25-49(48)70-77)60(84)75(59(73)83)36-42-30-45(66(14,15)39-63(7,8)9)33-54(57(42)81)78-71-50-26-20-21-27-51(50)72-78/h16-33,79-81H,34-39H2,1-15H3. The molecule has 6 aromatic carbocycles. The summed E-state index contributed by atoms with van der Waals surface area (Å²) in [5.41, 5.74) is 2.06. The summed E-state index contributed by atoms with van der Waals surface area (Å²) in [5.74, 6) is -0.857. The van der Waals surface area contributed by atoms with Gasteiger partial charge in [-0.05, 0) is 141 Å². The quantitative estimate of drug-likeness (QED) is 0.0873. The van der Waals surface area contributed by atoms with E-state index in [-0.39, 0.29) is 67.2 Å². The molecule has 18 heteroatoms. The molecule has 0 amide bonds. The van der Waals surface area contributed by atoms with Gasteiger partial charge in [-0.3, -0.25) is 0 Å². The maximum absolute atomic E-state index is 15.7. The van der Waals surface area contributed by atoms with Crippen LogP contribution in [0, 0.1) is 16.2 Å². The van der Waals surface area contributed by atoms with Gasteiger partial charge in [-0.15, -0.1) is 45.0 Å². The molecule has 4 aromatic heterocycles. The molecule has 10 aromatic rings. The van der Waals surface area contributed by atoms with Crippen molar-refractivity contribution in [3.8, 4) is 34.3 Å². The van der Waals surface area contributed by atoms with E-state index in [0.29, 0.717) is 52.4 Å². The molecular formula is C66H78N12O6. The fraction of sp³-hybridized carbons (Fsp3) is 0.409. The number of hydrogen-bond donors (Lipinski definition) is 3. The summed E-state index contributed by atoms with van der Waals surface area (Å²) in [6.45, 7) is 30.4. The van der Waals surface area contributed by atoms with Gasteiger partial charge in [0.15, 0.2) is 0 Å². The predicted octanol–water partition coefficient (Wildman–Crippen LogP) is 11.8.